The van der Waals surface area contributed by atoms with Gasteiger partial charge in [0.2, 0.25) is 5.91 Å². The third kappa shape index (κ3) is 3.48. The molecule has 0 saturated carbocycles. The third-order valence-corrected chi connectivity index (χ3v) is 1.78. The molecule has 1 aromatic carbocycles. The maximum atomic E-state index is 13.1. The van der Waals surface area contributed by atoms with Crippen molar-refractivity contribution >= 4 is 5.91 Å². The molecular weight excluding hydrogens is 238 g/mol. The summed E-state index contributed by atoms with van der Waals surface area (Å²) in [6, 6.07) is 2.83. The van der Waals surface area contributed by atoms with Crippen molar-refractivity contribution in [1.29, 1.82) is 0 Å². The van der Waals surface area contributed by atoms with Gasteiger partial charge < -0.3 is 5.73 Å². The average Bonchev–Trinajstić information content (AvgIpc) is 2.14. The van der Waals surface area contributed by atoms with E-state index in [-0.39, 0.29) is 6.42 Å². The van der Waals surface area contributed by atoms with E-state index in [0.29, 0.717) is 6.07 Å². The minimum atomic E-state index is -4.83. The van der Waals surface area contributed by atoms with Gasteiger partial charge in [-0.05, 0) is 12.1 Å². The standard InChI is InChI=1S/C11H7F4NO/c12-8-5-1-3-7(4-2-6-9(16)17)10(8)11(13,14)15/h1,3,5H,6H2,(H2,16,17). The molecule has 2 nitrogen and oxygen atoms in total. The van der Waals surface area contributed by atoms with E-state index >= 15 is 0 Å². The summed E-state index contributed by atoms with van der Waals surface area (Å²) in [5.41, 5.74) is 2.82. The monoisotopic (exact) mass is 245 g/mol. The Labute approximate surface area is 94.4 Å². The third-order valence-electron chi connectivity index (χ3n) is 1.78. The molecule has 0 saturated heterocycles. The molecule has 0 aliphatic heterocycles. The fourth-order valence-corrected chi connectivity index (χ4v) is 1.14. The molecule has 0 bridgehead atoms. The number of halogens is 4. The summed E-state index contributed by atoms with van der Waals surface area (Å²) < 4.78 is 50.5. The fourth-order valence-electron chi connectivity index (χ4n) is 1.14. The summed E-state index contributed by atoms with van der Waals surface area (Å²) in [6.45, 7) is 0. The van der Waals surface area contributed by atoms with Gasteiger partial charge in [-0.1, -0.05) is 17.9 Å². The Kier molecular flexibility index (Phi) is 3.73. The van der Waals surface area contributed by atoms with Gasteiger partial charge in [0.25, 0.3) is 0 Å². The molecule has 0 fully saturated rings. The highest BCUT2D eigenvalue weighted by Gasteiger charge is 2.36. The van der Waals surface area contributed by atoms with Gasteiger partial charge in [0.1, 0.15) is 11.4 Å². The zero-order valence-electron chi connectivity index (χ0n) is 8.44. The first kappa shape index (κ1) is 13.0. The van der Waals surface area contributed by atoms with Crippen molar-refractivity contribution in [1.82, 2.24) is 0 Å². The number of alkyl halides is 3. The second-order valence-electron chi connectivity index (χ2n) is 3.11. The number of nitrogens with two attached hydrogens (primary N) is 1. The Bertz CT molecular complexity index is 496. The van der Waals surface area contributed by atoms with Gasteiger partial charge in [-0.3, -0.25) is 4.79 Å². The van der Waals surface area contributed by atoms with Crippen LogP contribution in [0.25, 0.3) is 0 Å². The van der Waals surface area contributed by atoms with Gasteiger partial charge in [0.15, 0.2) is 0 Å². The summed E-state index contributed by atoms with van der Waals surface area (Å²) in [7, 11) is 0. The summed E-state index contributed by atoms with van der Waals surface area (Å²) in [4.78, 5) is 10.4. The number of hydrogen-bond acceptors (Lipinski definition) is 1. The Morgan fingerprint density at radius 1 is 1.35 bits per heavy atom. The molecule has 1 aromatic rings. The number of hydrogen-bond donors (Lipinski definition) is 1. The normalized spacial score (nSPS) is 10.6. The molecule has 0 spiro atoms. The second-order valence-corrected chi connectivity index (χ2v) is 3.11. The van der Waals surface area contributed by atoms with Crippen LogP contribution in [0.1, 0.15) is 17.5 Å². The lowest BCUT2D eigenvalue weighted by molar-refractivity contribution is -0.140. The first-order chi connectivity index (χ1) is 7.82. The number of benzene rings is 1. The number of carbonyl (C=O) groups excluding carboxylic acids is 1. The van der Waals surface area contributed by atoms with Crippen LogP contribution in [0.15, 0.2) is 18.2 Å². The first-order valence-corrected chi connectivity index (χ1v) is 4.45. The molecule has 0 aliphatic carbocycles. The molecule has 17 heavy (non-hydrogen) atoms. The molecule has 1 amide bonds. The smallest absolute Gasteiger partial charge is 0.369 e. The van der Waals surface area contributed by atoms with Crippen molar-refractivity contribution in [2.75, 3.05) is 0 Å². The van der Waals surface area contributed by atoms with Crippen molar-refractivity contribution in [2.24, 2.45) is 5.73 Å². The van der Waals surface area contributed by atoms with Gasteiger partial charge in [-0.15, -0.1) is 0 Å². The van der Waals surface area contributed by atoms with Gasteiger partial charge in [0.05, 0.1) is 6.42 Å². The van der Waals surface area contributed by atoms with Crippen LogP contribution in [0, 0.1) is 17.7 Å². The van der Waals surface area contributed by atoms with Crippen LogP contribution in [0.2, 0.25) is 0 Å². The lowest BCUT2D eigenvalue weighted by Gasteiger charge is -2.09. The Hall–Kier alpha value is -2.03. The van der Waals surface area contributed by atoms with Gasteiger partial charge >= 0.3 is 6.18 Å². The minimum absolute atomic E-state index is 0.381. The second kappa shape index (κ2) is 4.87. The average molecular weight is 245 g/mol. The molecule has 0 aromatic heterocycles. The van der Waals surface area contributed by atoms with Crippen molar-refractivity contribution < 1.29 is 22.4 Å². The van der Waals surface area contributed by atoms with E-state index in [4.69, 9.17) is 5.73 Å². The predicted octanol–water partition coefficient (Wildman–Crippen LogP) is 2.07. The van der Waals surface area contributed by atoms with Gasteiger partial charge in [-0.25, -0.2) is 4.39 Å². The van der Waals surface area contributed by atoms with Crippen LogP contribution < -0.4 is 5.73 Å². The quantitative estimate of drug-likeness (QED) is 0.597. The first-order valence-electron chi connectivity index (χ1n) is 4.45. The highest BCUT2D eigenvalue weighted by molar-refractivity contribution is 5.76. The topological polar surface area (TPSA) is 43.1 Å². The SMILES string of the molecule is NC(=O)CC#Cc1cccc(F)c1C(F)(F)F. The van der Waals surface area contributed by atoms with E-state index in [9.17, 15) is 22.4 Å². The van der Waals surface area contributed by atoms with E-state index in [1.807, 2.05) is 0 Å². The molecule has 6 heteroatoms. The maximum Gasteiger partial charge on any atom is 0.420 e. The van der Waals surface area contributed by atoms with E-state index in [1.165, 1.54) is 0 Å². The van der Waals surface area contributed by atoms with Crippen LogP contribution in [-0.2, 0) is 11.0 Å². The molecule has 0 atom stereocenters. The Morgan fingerprint density at radius 3 is 2.53 bits per heavy atom. The lowest BCUT2D eigenvalue weighted by atomic mass is 10.1. The summed E-state index contributed by atoms with van der Waals surface area (Å²) in [6.07, 6.45) is -5.21. The van der Waals surface area contributed by atoms with E-state index in [1.54, 1.807) is 0 Å². The number of amides is 1. The maximum absolute atomic E-state index is 13.1. The lowest BCUT2D eigenvalue weighted by Crippen LogP contribution is -2.11. The van der Waals surface area contributed by atoms with Crippen LogP contribution >= 0.6 is 0 Å². The Balaban J connectivity index is 3.19. The highest BCUT2D eigenvalue weighted by Crippen LogP contribution is 2.33. The largest absolute Gasteiger partial charge is 0.420 e. The van der Waals surface area contributed by atoms with Gasteiger partial charge in [-0.2, -0.15) is 13.2 Å². The summed E-state index contributed by atoms with van der Waals surface area (Å²) in [5.74, 6) is 2.07. The van der Waals surface area contributed by atoms with Crippen LogP contribution in [-0.4, -0.2) is 5.91 Å². The van der Waals surface area contributed by atoms with Crippen molar-refractivity contribution in [3.63, 3.8) is 0 Å². The van der Waals surface area contributed by atoms with Crippen molar-refractivity contribution in [3.05, 3.63) is 35.1 Å². The van der Waals surface area contributed by atoms with Crippen molar-refractivity contribution in [2.45, 2.75) is 12.6 Å². The zero-order valence-corrected chi connectivity index (χ0v) is 8.44. The molecule has 0 unspecified atom stereocenters. The van der Waals surface area contributed by atoms with Crippen molar-refractivity contribution in [3.8, 4) is 11.8 Å². The number of carbonyl (C=O) groups is 1. The summed E-state index contributed by atoms with van der Waals surface area (Å²) in [5, 5.41) is 0. The van der Waals surface area contributed by atoms with E-state index < -0.39 is 29.0 Å². The predicted molar refractivity (Wildman–Crippen MR) is 52.1 cm³/mol. The number of primary amides is 1. The van der Waals surface area contributed by atoms with Crippen LogP contribution in [0.4, 0.5) is 17.6 Å². The molecule has 90 valence electrons. The molecule has 0 aliphatic rings. The minimum Gasteiger partial charge on any atom is -0.369 e. The molecule has 1 rings (SSSR count). The zero-order chi connectivity index (χ0) is 13.1. The van der Waals surface area contributed by atoms with E-state index in [0.717, 1.165) is 12.1 Å². The van der Waals surface area contributed by atoms with Crippen LogP contribution in [0.3, 0.4) is 0 Å². The molecule has 2 N–H and O–H groups in total. The van der Waals surface area contributed by atoms with E-state index in [2.05, 4.69) is 11.8 Å². The molecular formula is C11H7F4NO. The highest BCUT2D eigenvalue weighted by atomic mass is 19.4. The molecule has 0 radical (unpaired) electrons. The van der Waals surface area contributed by atoms with Crippen LogP contribution in [0.5, 0.6) is 0 Å². The fraction of sp³-hybridized carbons (Fsp3) is 0.182. The number of rotatable bonds is 1. The molecule has 0 heterocycles. The Morgan fingerprint density at radius 2 is 2.00 bits per heavy atom. The summed E-state index contributed by atoms with van der Waals surface area (Å²) >= 11 is 0. The van der Waals surface area contributed by atoms with Gasteiger partial charge in [0, 0.05) is 5.56 Å².